The van der Waals surface area contributed by atoms with E-state index in [0.29, 0.717) is 16.8 Å². The van der Waals surface area contributed by atoms with Crippen LogP contribution < -0.4 is 10.2 Å². The maximum atomic E-state index is 6.06. The zero-order valence-electron chi connectivity index (χ0n) is 13.5. The number of halogens is 1. The van der Waals surface area contributed by atoms with Crippen molar-refractivity contribution in [3.8, 4) is 0 Å². The van der Waals surface area contributed by atoms with Gasteiger partial charge in [0.15, 0.2) is 5.82 Å². The third-order valence-corrected chi connectivity index (χ3v) is 4.35. The van der Waals surface area contributed by atoms with E-state index in [0.717, 1.165) is 44.0 Å². The molecule has 122 valence electrons. The molecule has 1 N–H and O–H groups in total. The molecule has 2 aromatic rings. The highest BCUT2D eigenvalue weighted by atomic mass is 35.5. The molecule has 0 bridgehead atoms. The first kappa shape index (κ1) is 16.0. The molecule has 1 aromatic carbocycles. The quantitative estimate of drug-likeness (QED) is 0.929. The van der Waals surface area contributed by atoms with Gasteiger partial charge in [0.1, 0.15) is 0 Å². The number of hydrogen-bond donors (Lipinski definition) is 1. The zero-order valence-corrected chi connectivity index (χ0v) is 14.2. The van der Waals surface area contributed by atoms with Gasteiger partial charge in [-0.15, -0.1) is 5.10 Å². The average Bonchev–Trinajstić information content (AvgIpc) is 2.58. The minimum absolute atomic E-state index is 0.672. The standard InChI is InChI=1S/C16H21ClN6/c1-3-22-6-8-23(9-7-22)16-20-15(11-18-21-16)19-14-10-13(17)5-4-12(14)2/h4-5,10-11H,3,6-9H2,1-2H3,(H,19,20,21). The van der Waals surface area contributed by atoms with Gasteiger partial charge in [-0.05, 0) is 31.2 Å². The Morgan fingerprint density at radius 2 is 2.00 bits per heavy atom. The fourth-order valence-corrected chi connectivity index (χ4v) is 2.79. The highest BCUT2D eigenvalue weighted by Gasteiger charge is 2.18. The number of rotatable bonds is 4. The Balaban J connectivity index is 1.74. The third-order valence-electron chi connectivity index (χ3n) is 4.11. The van der Waals surface area contributed by atoms with E-state index in [4.69, 9.17) is 11.6 Å². The minimum Gasteiger partial charge on any atom is -0.339 e. The molecule has 0 radical (unpaired) electrons. The van der Waals surface area contributed by atoms with Gasteiger partial charge in [0, 0.05) is 36.9 Å². The summed E-state index contributed by atoms with van der Waals surface area (Å²) in [5.41, 5.74) is 2.03. The monoisotopic (exact) mass is 332 g/mol. The summed E-state index contributed by atoms with van der Waals surface area (Å²) in [5, 5.41) is 12.2. The molecule has 0 spiro atoms. The largest absolute Gasteiger partial charge is 0.339 e. The Kier molecular flexibility index (Phi) is 4.93. The molecule has 1 aromatic heterocycles. The molecule has 0 amide bonds. The van der Waals surface area contributed by atoms with E-state index in [2.05, 4.69) is 37.2 Å². The predicted octanol–water partition coefficient (Wildman–Crippen LogP) is 2.72. The number of likely N-dealkylation sites (N-methyl/N-ethyl adjacent to an activating group) is 1. The van der Waals surface area contributed by atoms with Gasteiger partial charge >= 0.3 is 0 Å². The summed E-state index contributed by atoms with van der Waals surface area (Å²) in [6.07, 6.45) is 1.63. The summed E-state index contributed by atoms with van der Waals surface area (Å²) in [4.78, 5) is 9.19. The Morgan fingerprint density at radius 1 is 1.22 bits per heavy atom. The molecule has 0 atom stereocenters. The first-order valence-corrected chi connectivity index (χ1v) is 8.23. The lowest BCUT2D eigenvalue weighted by Gasteiger charge is -2.33. The summed E-state index contributed by atoms with van der Waals surface area (Å²) in [5.74, 6) is 1.35. The highest BCUT2D eigenvalue weighted by molar-refractivity contribution is 6.30. The Hall–Kier alpha value is -1.92. The SMILES string of the molecule is CCN1CCN(c2nncc(Nc3cc(Cl)ccc3C)n2)CC1. The molecule has 2 heterocycles. The lowest BCUT2D eigenvalue weighted by molar-refractivity contribution is 0.269. The van der Waals surface area contributed by atoms with Crippen LogP contribution in [0.5, 0.6) is 0 Å². The van der Waals surface area contributed by atoms with Crippen molar-refractivity contribution in [2.45, 2.75) is 13.8 Å². The number of anilines is 3. The van der Waals surface area contributed by atoms with E-state index < -0.39 is 0 Å². The highest BCUT2D eigenvalue weighted by Crippen LogP contribution is 2.23. The summed E-state index contributed by atoms with van der Waals surface area (Å²) in [7, 11) is 0. The van der Waals surface area contributed by atoms with Gasteiger partial charge in [-0.2, -0.15) is 10.1 Å². The van der Waals surface area contributed by atoms with Crippen LogP contribution >= 0.6 is 11.6 Å². The maximum absolute atomic E-state index is 6.06. The predicted molar refractivity (Wildman–Crippen MR) is 93.6 cm³/mol. The first-order valence-electron chi connectivity index (χ1n) is 7.86. The number of piperazine rings is 1. The number of hydrogen-bond acceptors (Lipinski definition) is 6. The summed E-state index contributed by atoms with van der Waals surface area (Å²) in [6, 6.07) is 5.74. The number of nitrogens with zero attached hydrogens (tertiary/aromatic N) is 5. The van der Waals surface area contributed by atoms with E-state index in [1.165, 1.54) is 0 Å². The molecule has 0 unspecified atom stereocenters. The number of aromatic nitrogens is 3. The second kappa shape index (κ2) is 7.10. The molecule has 0 saturated carbocycles. The fraction of sp³-hybridized carbons (Fsp3) is 0.438. The van der Waals surface area contributed by atoms with Crippen LogP contribution in [0.4, 0.5) is 17.5 Å². The average molecular weight is 333 g/mol. The van der Waals surface area contributed by atoms with Crippen molar-refractivity contribution in [3.63, 3.8) is 0 Å². The van der Waals surface area contributed by atoms with Gasteiger partial charge in [0.25, 0.3) is 0 Å². The van der Waals surface area contributed by atoms with Crippen LogP contribution in [0, 0.1) is 6.92 Å². The normalized spacial score (nSPS) is 15.7. The third kappa shape index (κ3) is 3.89. The maximum Gasteiger partial charge on any atom is 0.247 e. The van der Waals surface area contributed by atoms with Gasteiger partial charge in [-0.3, -0.25) is 0 Å². The molecular formula is C16H21ClN6. The van der Waals surface area contributed by atoms with Crippen molar-refractivity contribution in [3.05, 3.63) is 35.0 Å². The van der Waals surface area contributed by atoms with Crippen LogP contribution in [-0.2, 0) is 0 Å². The Bertz CT molecular complexity index is 669. The molecule has 23 heavy (non-hydrogen) atoms. The minimum atomic E-state index is 0.672. The van der Waals surface area contributed by atoms with Crippen LogP contribution in [0.15, 0.2) is 24.4 Å². The van der Waals surface area contributed by atoms with Gasteiger partial charge in [0.2, 0.25) is 5.95 Å². The fourth-order valence-electron chi connectivity index (χ4n) is 2.62. The van der Waals surface area contributed by atoms with Gasteiger partial charge < -0.3 is 15.1 Å². The molecule has 6 nitrogen and oxygen atoms in total. The van der Waals surface area contributed by atoms with Crippen molar-refractivity contribution in [2.24, 2.45) is 0 Å². The van der Waals surface area contributed by atoms with E-state index in [-0.39, 0.29) is 0 Å². The molecule has 7 heteroatoms. The molecule has 1 aliphatic heterocycles. The number of nitrogens with one attached hydrogen (secondary N) is 1. The summed E-state index contributed by atoms with van der Waals surface area (Å²) in [6.45, 7) is 9.21. The van der Waals surface area contributed by atoms with E-state index >= 15 is 0 Å². The van der Waals surface area contributed by atoms with Crippen LogP contribution in [0.3, 0.4) is 0 Å². The molecule has 1 saturated heterocycles. The van der Waals surface area contributed by atoms with Crippen LogP contribution in [0.2, 0.25) is 5.02 Å². The Labute approximate surface area is 141 Å². The summed E-state index contributed by atoms with van der Waals surface area (Å²) < 4.78 is 0. The number of aryl methyl sites for hydroxylation is 1. The van der Waals surface area contributed by atoms with Crippen molar-refractivity contribution in [1.82, 2.24) is 20.1 Å². The molecule has 3 rings (SSSR count). The van der Waals surface area contributed by atoms with Crippen molar-refractivity contribution >= 4 is 29.1 Å². The second-order valence-electron chi connectivity index (χ2n) is 5.65. The first-order chi connectivity index (χ1) is 11.2. The van der Waals surface area contributed by atoms with E-state index in [9.17, 15) is 0 Å². The van der Waals surface area contributed by atoms with Crippen molar-refractivity contribution < 1.29 is 0 Å². The second-order valence-corrected chi connectivity index (χ2v) is 6.08. The number of benzene rings is 1. The summed E-state index contributed by atoms with van der Waals surface area (Å²) >= 11 is 6.06. The van der Waals surface area contributed by atoms with Crippen LogP contribution in [-0.4, -0.2) is 52.8 Å². The lowest BCUT2D eigenvalue weighted by Crippen LogP contribution is -2.46. The van der Waals surface area contributed by atoms with Gasteiger partial charge in [0.05, 0.1) is 6.20 Å². The topological polar surface area (TPSA) is 57.2 Å². The molecule has 1 aliphatic rings. The smallest absolute Gasteiger partial charge is 0.247 e. The Morgan fingerprint density at radius 3 is 2.74 bits per heavy atom. The van der Waals surface area contributed by atoms with E-state index in [1.54, 1.807) is 6.20 Å². The molecule has 1 fully saturated rings. The van der Waals surface area contributed by atoms with Crippen LogP contribution in [0.1, 0.15) is 12.5 Å². The van der Waals surface area contributed by atoms with E-state index in [1.807, 2.05) is 25.1 Å². The lowest BCUT2D eigenvalue weighted by atomic mass is 10.2. The molecule has 0 aliphatic carbocycles. The van der Waals surface area contributed by atoms with Crippen molar-refractivity contribution in [2.75, 3.05) is 42.9 Å². The van der Waals surface area contributed by atoms with Crippen molar-refractivity contribution in [1.29, 1.82) is 0 Å². The van der Waals surface area contributed by atoms with Crippen LogP contribution in [0.25, 0.3) is 0 Å². The van der Waals surface area contributed by atoms with Gasteiger partial charge in [-0.1, -0.05) is 24.6 Å². The van der Waals surface area contributed by atoms with Gasteiger partial charge in [-0.25, -0.2) is 0 Å². The zero-order chi connectivity index (χ0) is 16.2. The molecular weight excluding hydrogens is 312 g/mol.